The molecular formula is C17H17NO. The molecule has 0 saturated heterocycles. The zero-order valence-electron chi connectivity index (χ0n) is 11.0. The van der Waals surface area contributed by atoms with Crippen LogP contribution in [0, 0.1) is 0 Å². The minimum atomic E-state index is 0.754. The van der Waals surface area contributed by atoms with E-state index in [0.29, 0.717) is 0 Å². The highest BCUT2D eigenvalue weighted by Gasteiger charge is 2.07. The number of hydrogen-bond donors (Lipinski definition) is 0. The lowest BCUT2D eigenvalue weighted by Crippen LogP contribution is -1.96. The fourth-order valence-electron chi connectivity index (χ4n) is 2.25. The first kappa shape index (κ1) is 11.8. The molecule has 96 valence electrons. The highest BCUT2D eigenvalue weighted by molar-refractivity contribution is 5.74. The van der Waals surface area contributed by atoms with Crippen molar-refractivity contribution in [2.75, 3.05) is 6.61 Å². The quantitative estimate of drug-likeness (QED) is 0.670. The number of rotatable bonds is 4. The van der Waals surface area contributed by atoms with Gasteiger partial charge in [0, 0.05) is 29.0 Å². The Morgan fingerprint density at radius 1 is 1.05 bits per heavy atom. The van der Waals surface area contributed by atoms with Gasteiger partial charge in [-0.15, -0.1) is 0 Å². The number of nitrogens with zero attached hydrogens (tertiary/aromatic N) is 1. The van der Waals surface area contributed by atoms with Gasteiger partial charge in [0.2, 0.25) is 0 Å². The Balaban J connectivity index is 2.05. The Morgan fingerprint density at radius 3 is 2.74 bits per heavy atom. The molecule has 0 bridgehead atoms. The summed E-state index contributed by atoms with van der Waals surface area (Å²) in [5.74, 6) is 0.959. The zero-order chi connectivity index (χ0) is 13.1. The lowest BCUT2D eigenvalue weighted by atomic mass is 10.1. The van der Waals surface area contributed by atoms with Gasteiger partial charge in [0.15, 0.2) is 0 Å². The first-order valence-electron chi connectivity index (χ1n) is 6.67. The average molecular weight is 251 g/mol. The van der Waals surface area contributed by atoms with Crippen molar-refractivity contribution in [3.63, 3.8) is 0 Å². The number of hydrogen-bond acceptors (Lipinski definition) is 1. The molecule has 0 unspecified atom stereocenters. The van der Waals surface area contributed by atoms with Gasteiger partial charge in [-0.2, -0.15) is 0 Å². The molecule has 0 aliphatic rings. The fourth-order valence-corrected chi connectivity index (χ4v) is 2.25. The van der Waals surface area contributed by atoms with E-state index in [1.165, 1.54) is 11.1 Å². The predicted octanol–water partition coefficient (Wildman–Crippen LogP) is 4.40. The molecule has 0 N–H and O–H groups in total. The van der Waals surface area contributed by atoms with Crippen LogP contribution in [-0.2, 0) is 0 Å². The summed E-state index contributed by atoms with van der Waals surface area (Å²) in [6.45, 7) is 2.87. The fraction of sp³-hybridized carbons (Fsp3) is 0.176. The summed E-state index contributed by atoms with van der Waals surface area (Å²) < 4.78 is 7.96. The van der Waals surface area contributed by atoms with Crippen molar-refractivity contribution in [3.05, 3.63) is 60.9 Å². The first-order valence-corrected chi connectivity index (χ1v) is 6.67. The molecule has 0 atom stereocenters. The van der Waals surface area contributed by atoms with Crippen LogP contribution in [0.1, 0.15) is 13.3 Å². The lowest BCUT2D eigenvalue weighted by molar-refractivity contribution is 0.318. The summed E-state index contributed by atoms with van der Waals surface area (Å²) in [6.07, 6.45) is 5.23. The van der Waals surface area contributed by atoms with Crippen molar-refractivity contribution in [1.29, 1.82) is 0 Å². The van der Waals surface area contributed by atoms with Gasteiger partial charge in [-0.25, -0.2) is 0 Å². The molecule has 0 aliphatic carbocycles. The van der Waals surface area contributed by atoms with Crippen LogP contribution in [0.3, 0.4) is 0 Å². The van der Waals surface area contributed by atoms with Crippen LogP contribution in [0.2, 0.25) is 0 Å². The second-order valence-electron chi connectivity index (χ2n) is 4.61. The standard InChI is InChI=1S/C17H17NO/c1-2-11-19-17-9-4-3-8-16(17)14-12-15-7-5-6-10-18(15)13-14/h3-10,12-13H,2,11H2,1H3. The third-order valence-electron chi connectivity index (χ3n) is 3.16. The number of ether oxygens (including phenoxy) is 1. The van der Waals surface area contributed by atoms with Crippen molar-refractivity contribution in [1.82, 2.24) is 4.40 Å². The zero-order valence-corrected chi connectivity index (χ0v) is 11.0. The van der Waals surface area contributed by atoms with Crippen LogP contribution in [0.25, 0.3) is 16.6 Å². The molecular weight excluding hydrogens is 234 g/mol. The Hall–Kier alpha value is -2.22. The van der Waals surface area contributed by atoms with Crippen molar-refractivity contribution in [2.45, 2.75) is 13.3 Å². The highest BCUT2D eigenvalue weighted by Crippen LogP contribution is 2.31. The van der Waals surface area contributed by atoms with E-state index in [9.17, 15) is 0 Å². The minimum absolute atomic E-state index is 0.754. The summed E-state index contributed by atoms with van der Waals surface area (Å²) in [4.78, 5) is 0. The molecule has 3 aromatic rings. The van der Waals surface area contributed by atoms with Gasteiger partial charge < -0.3 is 9.14 Å². The second kappa shape index (κ2) is 5.19. The van der Waals surface area contributed by atoms with E-state index in [4.69, 9.17) is 4.74 Å². The van der Waals surface area contributed by atoms with Gasteiger partial charge in [-0.1, -0.05) is 31.2 Å². The van der Waals surface area contributed by atoms with Crippen molar-refractivity contribution in [3.8, 4) is 16.9 Å². The normalized spacial score (nSPS) is 10.8. The molecule has 2 heteroatoms. The molecule has 2 aromatic heterocycles. The van der Waals surface area contributed by atoms with Crippen LogP contribution in [-0.4, -0.2) is 11.0 Å². The molecule has 0 radical (unpaired) electrons. The van der Waals surface area contributed by atoms with Crippen molar-refractivity contribution < 1.29 is 4.74 Å². The summed E-state index contributed by atoms with van der Waals surface area (Å²) in [5, 5.41) is 0. The topological polar surface area (TPSA) is 13.6 Å². The van der Waals surface area contributed by atoms with E-state index in [2.05, 4.69) is 54.0 Å². The third-order valence-corrected chi connectivity index (χ3v) is 3.16. The molecule has 0 spiro atoms. The maximum atomic E-state index is 5.83. The molecule has 2 nitrogen and oxygen atoms in total. The van der Waals surface area contributed by atoms with Gasteiger partial charge in [-0.05, 0) is 30.7 Å². The van der Waals surface area contributed by atoms with Crippen LogP contribution in [0.5, 0.6) is 5.75 Å². The average Bonchev–Trinajstić information content (AvgIpc) is 2.89. The molecule has 0 aliphatic heterocycles. The second-order valence-corrected chi connectivity index (χ2v) is 4.61. The molecule has 3 rings (SSSR count). The van der Waals surface area contributed by atoms with Crippen LogP contribution < -0.4 is 4.74 Å². The number of pyridine rings is 1. The van der Waals surface area contributed by atoms with E-state index in [-0.39, 0.29) is 0 Å². The van der Waals surface area contributed by atoms with E-state index in [1.807, 2.05) is 18.2 Å². The van der Waals surface area contributed by atoms with Crippen LogP contribution in [0.15, 0.2) is 60.9 Å². The van der Waals surface area contributed by atoms with Gasteiger partial charge in [-0.3, -0.25) is 0 Å². The largest absolute Gasteiger partial charge is 0.493 e. The molecule has 0 amide bonds. The number of aromatic nitrogens is 1. The number of benzene rings is 1. The minimum Gasteiger partial charge on any atom is -0.493 e. The monoisotopic (exact) mass is 251 g/mol. The number of para-hydroxylation sites is 1. The Kier molecular flexibility index (Phi) is 3.23. The maximum Gasteiger partial charge on any atom is 0.127 e. The Labute approximate surface area is 113 Å². The Morgan fingerprint density at radius 2 is 1.89 bits per heavy atom. The van der Waals surface area contributed by atoms with E-state index in [1.54, 1.807) is 0 Å². The molecule has 0 saturated carbocycles. The summed E-state index contributed by atoms with van der Waals surface area (Å²) in [7, 11) is 0. The smallest absolute Gasteiger partial charge is 0.127 e. The first-order chi connectivity index (χ1) is 9.38. The SMILES string of the molecule is CCCOc1ccccc1-c1cc2ccccn2c1. The van der Waals surface area contributed by atoms with Crippen molar-refractivity contribution >= 4 is 5.52 Å². The Bertz CT molecular complexity index is 651. The van der Waals surface area contributed by atoms with E-state index in [0.717, 1.165) is 24.3 Å². The maximum absolute atomic E-state index is 5.83. The molecule has 0 fully saturated rings. The number of fused-ring (bicyclic) bond motifs is 1. The molecule has 1 aromatic carbocycles. The van der Waals surface area contributed by atoms with Crippen molar-refractivity contribution in [2.24, 2.45) is 0 Å². The molecule has 2 heterocycles. The van der Waals surface area contributed by atoms with Crippen LogP contribution >= 0.6 is 0 Å². The van der Waals surface area contributed by atoms with E-state index < -0.39 is 0 Å². The summed E-state index contributed by atoms with van der Waals surface area (Å²) in [5.41, 5.74) is 3.54. The van der Waals surface area contributed by atoms with E-state index >= 15 is 0 Å². The summed E-state index contributed by atoms with van der Waals surface area (Å²) in [6, 6.07) is 16.6. The van der Waals surface area contributed by atoms with Gasteiger partial charge in [0.1, 0.15) is 5.75 Å². The highest BCUT2D eigenvalue weighted by atomic mass is 16.5. The van der Waals surface area contributed by atoms with Gasteiger partial charge >= 0.3 is 0 Å². The summed E-state index contributed by atoms with van der Waals surface area (Å²) >= 11 is 0. The lowest BCUT2D eigenvalue weighted by Gasteiger charge is -2.09. The van der Waals surface area contributed by atoms with Crippen LogP contribution in [0.4, 0.5) is 0 Å². The molecule has 19 heavy (non-hydrogen) atoms. The van der Waals surface area contributed by atoms with Gasteiger partial charge in [0.05, 0.1) is 6.61 Å². The predicted molar refractivity (Wildman–Crippen MR) is 78.6 cm³/mol. The third kappa shape index (κ3) is 2.34. The van der Waals surface area contributed by atoms with Gasteiger partial charge in [0.25, 0.3) is 0 Å².